The van der Waals surface area contributed by atoms with Crippen LogP contribution in [-0.4, -0.2) is 10.8 Å². The van der Waals surface area contributed by atoms with Crippen molar-refractivity contribution in [3.05, 3.63) is 102 Å². The maximum atomic E-state index is 12.6. The van der Waals surface area contributed by atoms with E-state index in [-0.39, 0.29) is 17.9 Å². The largest absolute Gasteiger partial charge is 0.489 e. The first-order valence-electron chi connectivity index (χ1n) is 9.62. The van der Waals surface area contributed by atoms with Crippen molar-refractivity contribution in [2.45, 2.75) is 13.5 Å². The number of hydrogen-bond donors (Lipinski definition) is 1. The van der Waals surface area contributed by atoms with E-state index in [1.165, 1.54) is 18.2 Å². The number of non-ortho nitro benzene ring substituents is 1. The third-order valence-electron chi connectivity index (χ3n) is 4.53. The van der Waals surface area contributed by atoms with Crippen LogP contribution in [0.3, 0.4) is 0 Å². The molecule has 0 saturated heterocycles. The summed E-state index contributed by atoms with van der Waals surface area (Å²) in [4.78, 5) is 22.9. The topological polar surface area (TPSA) is 105 Å². The Balaban J connectivity index is 1.66. The number of nitro groups is 1. The number of amides is 1. The summed E-state index contributed by atoms with van der Waals surface area (Å²) in [6, 6.07) is 18.7. The third-order valence-corrected chi connectivity index (χ3v) is 5.78. The van der Waals surface area contributed by atoms with E-state index >= 15 is 0 Å². The number of ether oxygens (including phenoxy) is 1. The molecule has 0 fully saturated rings. The predicted octanol–water partition coefficient (Wildman–Crippen LogP) is 6.55. The molecule has 0 aliphatic rings. The fourth-order valence-corrected chi connectivity index (χ4v) is 4.47. The Morgan fingerprint density at radius 2 is 1.73 bits per heavy atom. The number of benzene rings is 3. The molecule has 9 heteroatoms. The molecule has 0 aromatic heterocycles. The number of carbonyl (C=O) groups is 1. The number of hydrogen-bond acceptors (Lipinski definition) is 5. The summed E-state index contributed by atoms with van der Waals surface area (Å²) in [5.74, 6) is 0.0576. The van der Waals surface area contributed by atoms with Gasteiger partial charge in [-0.3, -0.25) is 14.9 Å². The molecule has 0 aliphatic carbocycles. The number of nitrogens with zero attached hydrogens (tertiary/aromatic N) is 2. The molecule has 166 valence electrons. The Kier molecular flexibility index (Phi) is 7.98. The number of nitriles is 1. The number of nitro benzene ring substituents is 1. The van der Waals surface area contributed by atoms with E-state index in [9.17, 15) is 20.2 Å². The average molecular weight is 571 g/mol. The first-order valence-corrected chi connectivity index (χ1v) is 11.2. The number of anilines is 1. The summed E-state index contributed by atoms with van der Waals surface area (Å²) in [6.45, 7) is 2.18. The molecule has 0 heterocycles. The van der Waals surface area contributed by atoms with E-state index in [2.05, 4.69) is 37.2 Å². The van der Waals surface area contributed by atoms with E-state index in [4.69, 9.17) is 4.74 Å². The van der Waals surface area contributed by atoms with Crippen molar-refractivity contribution < 1.29 is 14.5 Å². The first kappa shape index (κ1) is 24.2. The lowest BCUT2D eigenvalue weighted by Gasteiger charge is -2.10. The van der Waals surface area contributed by atoms with Crippen LogP contribution < -0.4 is 10.1 Å². The fourth-order valence-electron chi connectivity index (χ4n) is 2.86. The third kappa shape index (κ3) is 6.51. The van der Waals surface area contributed by atoms with Crippen molar-refractivity contribution in [2.75, 3.05) is 5.32 Å². The van der Waals surface area contributed by atoms with Crippen molar-refractivity contribution in [3.8, 4) is 11.8 Å². The van der Waals surface area contributed by atoms with Gasteiger partial charge in [-0.2, -0.15) is 5.26 Å². The van der Waals surface area contributed by atoms with Crippen LogP contribution >= 0.6 is 31.9 Å². The quantitative estimate of drug-likeness (QED) is 0.150. The highest BCUT2D eigenvalue weighted by atomic mass is 79.9. The highest BCUT2D eigenvalue weighted by Crippen LogP contribution is 2.32. The first-order chi connectivity index (χ1) is 15.8. The lowest BCUT2D eigenvalue weighted by atomic mass is 10.1. The minimum Gasteiger partial charge on any atom is -0.489 e. The summed E-state index contributed by atoms with van der Waals surface area (Å²) in [5.41, 5.74) is 2.98. The van der Waals surface area contributed by atoms with Crippen molar-refractivity contribution in [2.24, 2.45) is 0 Å². The number of aryl methyl sites for hydroxylation is 1. The Labute approximate surface area is 207 Å². The van der Waals surface area contributed by atoms with Crippen LogP contribution in [-0.2, 0) is 11.4 Å². The molecule has 0 aliphatic heterocycles. The van der Waals surface area contributed by atoms with Gasteiger partial charge in [0, 0.05) is 21.1 Å². The molecule has 1 N–H and O–H groups in total. The summed E-state index contributed by atoms with van der Waals surface area (Å²) in [5, 5.41) is 22.9. The van der Waals surface area contributed by atoms with Gasteiger partial charge < -0.3 is 10.1 Å². The summed E-state index contributed by atoms with van der Waals surface area (Å²) in [6.07, 6.45) is 1.49. The van der Waals surface area contributed by atoms with Crippen LogP contribution in [0.2, 0.25) is 0 Å². The van der Waals surface area contributed by atoms with E-state index in [1.807, 2.05) is 25.1 Å². The molecule has 0 saturated carbocycles. The second kappa shape index (κ2) is 10.9. The van der Waals surface area contributed by atoms with Crippen LogP contribution in [0, 0.1) is 28.4 Å². The molecular weight excluding hydrogens is 554 g/mol. The highest BCUT2D eigenvalue weighted by molar-refractivity contribution is 9.11. The SMILES string of the molecule is Cc1cc(Br)c(NC(=O)/C(C#N)=C/c2ccc(OCc3ccc([N+](=O)[O-])cc3)cc2)c(Br)c1. The lowest BCUT2D eigenvalue weighted by molar-refractivity contribution is -0.384. The maximum Gasteiger partial charge on any atom is 0.269 e. The van der Waals surface area contributed by atoms with E-state index in [1.54, 1.807) is 36.4 Å². The Bertz CT molecular complexity index is 1240. The van der Waals surface area contributed by atoms with Crippen molar-refractivity contribution in [1.82, 2.24) is 0 Å². The van der Waals surface area contributed by atoms with Gasteiger partial charge in [0.2, 0.25) is 0 Å². The molecule has 3 aromatic carbocycles. The molecule has 3 aromatic rings. The predicted molar refractivity (Wildman–Crippen MR) is 133 cm³/mol. The Morgan fingerprint density at radius 1 is 1.12 bits per heavy atom. The monoisotopic (exact) mass is 569 g/mol. The van der Waals surface area contributed by atoms with Crippen LogP contribution in [0.25, 0.3) is 6.08 Å². The van der Waals surface area contributed by atoms with E-state index < -0.39 is 10.8 Å². The van der Waals surface area contributed by atoms with Crippen molar-refractivity contribution in [1.29, 1.82) is 5.26 Å². The second-order valence-electron chi connectivity index (χ2n) is 7.01. The molecule has 7 nitrogen and oxygen atoms in total. The van der Waals surface area contributed by atoms with Gasteiger partial charge in [0.25, 0.3) is 11.6 Å². The molecule has 0 unspecified atom stereocenters. The molecule has 3 rings (SSSR count). The van der Waals surface area contributed by atoms with Gasteiger partial charge in [0.05, 0.1) is 10.6 Å². The molecule has 0 spiro atoms. The Hall–Kier alpha value is -3.48. The number of rotatable bonds is 7. The number of carbonyl (C=O) groups excluding carboxylic acids is 1. The van der Waals surface area contributed by atoms with Gasteiger partial charge in [-0.1, -0.05) is 12.1 Å². The van der Waals surface area contributed by atoms with Crippen LogP contribution in [0.15, 0.2) is 75.2 Å². The zero-order valence-electron chi connectivity index (χ0n) is 17.3. The zero-order chi connectivity index (χ0) is 24.0. The van der Waals surface area contributed by atoms with E-state index in [0.717, 1.165) is 11.1 Å². The highest BCUT2D eigenvalue weighted by Gasteiger charge is 2.14. The molecule has 0 bridgehead atoms. The number of halogens is 2. The molecule has 0 atom stereocenters. The zero-order valence-corrected chi connectivity index (χ0v) is 20.5. The fraction of sp³-hybridized carbons (Fsp3) is 0.0833. The smallest absolute Gasteiger partial charge is 0.269 e. The lowest BCUT2D eigenvalue weighted by Crippen LogP contribution is -2.14. The van der Waals surface area contributed by atoms with Crippen LogP contribution in [0.4, 0.5) is 11.4 Å². The minimum atomic E-state index is -0.527. The van der Waals surface area contributed by atoms with E-state index in [0.29, 0.717) is 25.9 Å². The van der Waals surface area contributed by atoms with Gasteiger partial charge in [0.1, 0.15) is 24.0 Å². The molecule has 1 amide bonds. The number of nitrogens with one attached hydrogen (secondary N) is 1. The van der Waals surface area contributed by atoms with Gasteiger partial charge in [-0.15, -0.1) is 0 Å². The molecule has 33 heavy (non-hydrogen) atoms. The van der Waals surface area contributed by atoms with Gasteiger partial charge in [0.15, 0.2) is 0 Å². The Morgan fingerprint density at radius 3 is 2.27 bits per heavy atom. The summed E-state index contributed by atoms with van der Waals surface area (Å²) < 4.78 is 7.10. The van der Waals surface area contributed by atoms with Crippen LogP contribution in [0.5, 0.6) is 5.75 Å². The summed E-state index contributed by atoms with van der Waals surface area (Å²) in [7, 11) is 0. The second-order valence-corrected chi connectivity index (χ2v) is 8.72. The molecule has 0 radical (unpaired) electrons. The van der Waals surface area contributed by atoms with Gasteiger partial charge in [-0.05, 0) is 97.9 Å². The average Bonchev–Trinajstić information content (AvgIpc) is 2.79. The maximum absolute atomic E-state index is 12.6. The van der Waals surface area contributed by atoms with Gasteiger partial charge in [-0.25, -0.2) is 0 Å². The normalized spacial score (nSPS) is 10.9. The van der Waals surface area contributed by atoms with Crippen molar-refractivity contribution >= 4 is 55.2 Å². The summed E-state index contributed by atoms with van der Waals surface area (Å²) >= 11 is 6.85. The standard InChI is InChI=1S/C24H17Br2N3O4/c1-15-10-21(25)23(22(26)11-15)28-24(30)18(13-27)12-16-4-8-20(9-5-16)33-14-17-2-6-19(7-3-17)29(31)32/h2-12H,14H2,1H3,(H,28,30)/b18-12+. The van der Waals surface area contributed by atoms with Crippen molar-refractivity contribution in [3.63, 3.8) is 0 Å². The van der Waals surface area contributed by atoms with Crippen LogP contribution in [0.1, 0.15) is 16.7 Å². The molecular formula is C24H17Br2N3O4. The van der Waals surface area contributed by atoms with Gasteiger partial charge >= 0.3 is 0 Å². The minimum absolute atomic E-state index is 0.0225.